The van der Waals surface area contributed by atoms with E-state index in [1.165, 1.54) is 0 Å². The molecule has 1 saturated heterocycles. The van der Waals surface area contributed by atoms with Gasteiger partial charge in [0, 0.05) is 36.8 Å². The number of benzene rings is 2. The van der Waals surface area contributed by atoms with Crippen molar-refractivity contribution in [1.29, 1.82) is 0 Å². The molecular weight excluding hydrogens is 458 g/mol. The molecule has 0 aromatic heterocycles. The molecule has 1 aliphatic heterocycles. The van der Waals surface area contributed by atoms with E-state index in [1.807, 2.05) is 19.1 Å². The first-order valence-electron chi connectivity index (χ1n) is 9.47. The maximum absolute atomic E-state index is 13.0. The molecule has 0 bridgehead atoms. The summed E-state index contributed by atoms with van der Waals surface area (Å²) in [5, 5.41) is 3.58. The van der Waals surface area contributed by atoms with Crippen molar-refractivity contribution in [3.05, 3.63) is 45.4 Å². The summed E-state index contributed by atoms with van der Waals surface area (Å²) in [5.41, 5.74) is 2.12. The number of halogens is 2. The van der Waals surface area contributed by atoms with Crippen LogP contribution in [0.15, 0.2) is 34.8 Å². The van der Waals surface area contributed by atoms with E-state index in [9.17, 15) is 4.79 Å². The number of likely N-dealkylation sites (N-methyl/N-ethyl adjacent to an activating group) is 1. The number of nitrogens with zero attached hydrogens (tertiary/aromatic N) is 2. The van der Waals surface area contributed by atoms with Crippen LogP contribution in [0.25, 0.3) is 0 Å². The van der Waals surface area contributed by atoms with Gasteiger partial charge in [-0.25, -0.2) is 0 Å². The quantitative estimate of drug-likeness (QED) is 0.656. The summed E-state index contributed by atoms with van der Waals surface area (Å²) in [6, 6.07) is 8.99. The normalized spacial score (nSPS) is 14.6. The molecule has 1 heterocycles. The van der Waals surface area contributed by atoms with Crippen LogP contribution in [0, 0.1) is 0 Å². The minimum Gasteiger partial charge on any atom is -0.493 e. The number of rotatable bonds is 6. The molecule has 0 spiro atoms. The van der Waals surface area contributed by atoms with E-state index < -0.39 is 0 Å². The lowest BCUT2D eigenvalue weighted by Crippen LogP contribution is -2.44. The molecule has 0 radical (unpaired) electrons. The monoisotopic (exact) mass is 481 g/mol. The van der Waals surface area contributed by atoms with Crippen LogP contribution in [-0.2, 0) is 0 Å². The number of amides is 1. The van der Waals surface area contributed by atoms with Gasteiger partial charge in [-0.2, -0.15) is 0 Å². The standard InChI is InChI=1S/C21H25BrClN3O3/c1-4-29-20-16(22)11-14(12-19(20)28-3)21(27)24-17-13-15(23)5-6-18(17)26-9-7-25(2)8-10-26/h5-6,11-13H,4,7-10H2,1-3H3,(H,24,27). The molecule has 3 rings (SSSR count). The Morgan fingerprint density at radius 1 is 1.21 bits per heavy atom. The summed E-state index contributed by atoms with van der Waals surface area (Å²) in [5.74, 6) is 0.828. The first-order chi connectivity index (χ1) is 13.9. The lowest BCUT2D eigenvalue weighted by atomic mass is 10.1. The number of carbonyl (C=O) groups excluding carboxylic acids is 1. The molecule has 29 heavy (non-hydrogen) atoms. The summed E-state index contributed by atoms with van der Waals surface area (Å²) in [6.07, 6.45) is 0. The highest BCUT2D eigenvalue weighted by Gasteiger charge is 2.20. The highest BCUT2D eigenvalue weighted by Crippen LogP contribution is 2.37. The van der Waals surface area contributed by atoms with Crippen LogP contribution in [0.5, 0.6) is 11.5 Å². The second-order valence-corrected chi connectivity index (χ2v) is 8.12. The van der Waals surface area contributed by atoms with Crippen molar-refractivity contribution in [2.24, 2.45) is 0 Å². The fraction of sp³-hybridized carbons (Fsp3) is 0.381. The van der Waals surface area contributed by atoms with Gasteiger partial charge in [-0.1, -0.05) is 11.6 Å². The minimum absolute atomic E-state index is 0.246. The molecule has 1 aliphatic rings. The van der Waals surface area contributed by atoms with Gasteiger partial charge in [-0.15, -0.1) is 0 Å². The zero-order valence-electron chi connectivity index (χ0n) is 16.8. The van der Waals surface area contributed by atoms with Crippen molar-refractivity contribution < 1.29 is 14.3 Å². The van der Waals surface area contributed by atoms with E-state index >= 15 is 0 Å². The molecule has 2 aromatic rings. The molecule has 156 valence electrons. The largest absolute Gasteiger partial charge is 0.493 e. The van der Waals surface area contributed by atoms with Gasteiger partial charge in [0.2, 0.25) is 0 Å². The van der Waals surface area contributed by atoms with Crippen molar-refractivity contribution in [2.45, 2.75) is 6.92 Å². The molecule has 6 nitrogen and oxygen atoms in total. The molecule has 1 fully saturated rings. The van der Waals surface area contributed by atoms with Gasteiger partial charge in [-0.05, 0) is 60.2 Å². The number of nitrogens with one attached hydrogen (secondary N) is 1. The molecule has 8 heteroatoms. The van der Waals surface area contributed by atoms with Gasteiger partial charge in [0.05, 0.1) is 29.6 Å². The zero-order chi connectivity index (χ0) is 21.0. The Morgan fingerprint density at radius 3 is 2.59 bits per heavy atom. The summed E-state index contributed by atoms with van der Waals surface area (Å²) in [6.45, 7) is 6.12. The van der Waals surface area contributed by atoms with Crippen LogP contribution in [-0.4, -0.2) is 57.8 Å². The Morgan fingerprint density at radius 2 is 1.93 bits per heavy atom. The number of hydrogen-bond donors (Lipinski definition) is 1. The van der Waals surface area contributed by atoms with E-state index in [4.69, 9.17) is 21.1 Å². The Labute approximate surface area is 184 Å². The van der Waals surface area contributed by atoms with Crippen LogP contribution >= 0.6 is 27.5 Å². The number of hydrogen-bond acceptors (Lipinski definition) is 5. The van der Waals surface area contributed by atoms with Gasteiger partial charge in [0.1, 0.15) is 0 Å². The molecule has 0 saturated carbocycles. The third-order valence-corrected chi connectivity index (χ3v) is 5.66. The number of ether oxygens (including phenoxy) is 2. The topological polar surface area (TPSA) is 54.0 Å². The van der Waals surface area contributed by atoms with Gasteiger partial charge in [-0.3, -0.25) is 4.79 Å². The minimum atomic E-state index is -0.246. The van der Waals surface area contributed by atoms with Crippen molar-refractivity contribution >= 4 is 44.8 Å². The molecule has 0 atom stereocenters. The van der Waals surface area contributed by atoms with Gasteiger partial charge < -0.3 is 24.6 Å². The number of methoxy groups -OCH3 is 1. The summed E-state index contributed by atoms with van der Waals surface area (Å²) >= 11 is 9.68. The van der Waals surface area contributed by atoms with Crippen molar-refractivity contribution in [1.82, 2.24) is 4.90 Å². The Kier molecular flexibility index (Phi) is 7.27. The average molecular weight is 483 g/mol. The third-order valence-electron chi connectivity index (χ3n) is 4.83. The Bertz CT molecular complexity index is 886. The second kappa shape index (κ2) is 9.69. The summed E-state index contributed by atoms with van der Waals surface area (Å²) in [7, 11) is 3.66. The van der Waals surface area contributed by atoms with Gasteiger partial charge >= 0.3 is 0 Å². The summed E-state index contributed by atoms with van der Waals surface area (Å²) < 4.78 is 11.7. The fourth-order valence-electron chi connectivity index (χ4n) is 3.26. The number of carbonyl (C=O) groups is 1. The van der Waals surface area contributed by atoms with E-state index in [-0.39, 0.29) is 5.91 Å². The predicted octanol–water partition coefficient (Wildman–Crippen LogP) is 4.51. The van der Waals surface area contributed by atoms with Gasteiger partial charge in [0.25, 0.3) is 5.91 Å². The molecule has 2 aromatic carbocycles. The molecule has 1 N–H and O–H groups in total. The fourth-order valence-corrected chi connectivity index (χ4v) is 3.99. The average Bonchev–Trinajstić information content (AvgIpc) is 2.70. The molecule has 0 aliphatic carbocycles. The van der Waals surface area contributed by atoms with E-state index in [0.29, 0.717) is 38.9 Å². The Hall–Kier alpha value is -1.96. The van der Waals surface area contributed by atoms with Crippen LogP contribution in [0.2, 0.25) is 5.02 Å². The number of piperazine rings is 1. The van der Waals surface area contributed by atoms with Crippen LogP contribution in [0.4, 0.5) is 11.4 Å². The second-order valence-electron chi connectivity index (χ2n) is 6.83. The van der Waals surface area contributed by atoms with Crippen LogP contribution < -0.4 is 19.7 Å². The maximum Gasteiger partial charge on any atom is 0.255 e. The molecule has 0 unspecified atom stereocenters. The first-order valence-corrected chi connectivity index (χ1v) is 10.6. The van der Waals surface area contributed by atoms with Gasteiger partial charge in [0.15, 0.2) is 11.5 Å². The maximum atomic E-state index is 13.0. The van der Waals surface area contributed by atoms with Crippen molar-refractivity contribution in [2.75, 3.05) is 57.2 Å². The number of anilines is 2. The smallest absolute Gasteiger partial charge is 0.255 e. The predicted molar refractivity (Wildman–Crippen MR) is 121 cm³/mol. The SMILES string of the molecule is CCOc1c(Br)cc(C(=O)Nc2cc(Cl)ccc2N2CCN(C)CC2)cc1OC. The highest BCUT2D eigenvalue weighted by molar-refractivity contribution is 9.10. The van der Waals surface area contributed by atoms with Crippen molar-refractivity contribution in [3.8, 4) is 11.5 Å². The van der Waals surface area contributed by atoms with E-state index in [1.54, 1.807) is 25.3 Å². The van der Waals surface area contributed by atoms with Crippen LogP contribution in [0.1, 0.15) is 17.3 Å². The van der Waals surface area contributed by atoms with E-state index in [2.05, 4.69) is 38.1 Å². The summed E-state index contributed by atoms with van der Waals surface area (Å²) in [4.78, 5) is 17.6. The molecular formula is C21H25BrClN3O3. The highest BCUT2D eigenvalue weighted by atomic mass is 79.9. The van der Waals surface area contributed by atoms with E-state index in [0.717, 1.165) is 31.9 Å². The molecule has 1 amide bonds. The third kappa shape index (κ3) is 5.15. The Balaban J connectivity index is 1.87. The lowest BCUT2D eigenvalue weighted by Gasteiger charge is -2.35. The first kappa shape index (κ1) is 21.7. The van der Waals surface area contributed by atoms with Crippen LogP contribution in [0.3, 0.4) is 0 Å². The van der Waals surface area contributed by atoms with Crippen molar-refractivity contribution in [3.63, 3.8) is 0 Å². The zero-order valence-corrected chi connectivity index (χ0v) is 19.1. The lowest BCUT2D eigenvalue weighted by molar-refractivity contribution is 0.102.